The monoisotopic (exact) mass is 171 g/mol. The number of hydrogen-bond donors (Lipinski definition) is 3. The van der Waals surface area contributed by atoms with Gasteiger partial charge in [-0.15, -0.1) is 5.10 Å². The van der Waals surface area contributed by atoms with Crippen LogP contribution in [0.2, 0.25) is 0 Å². The summed E-state index contributed by atoms with van der Waals surface area (Å²) in [4.78, 5) is 5.75. The van der Waals surface area contributed by atoms with E-state index >= 15 is 0 Å². The molecule has 0 aromatic carbocycles. The van der Waals surface area contributed by atoms with Crippen LogP contribution in [0.4, 0.5) is 11.9 Å². The van der Waals surface area contributed by atoms with Gasteiger partial charge >= 0.3 is 0 Å². The average Bonchev–Trinajstić information content (AvgIpc) is 2.47. The van der Waals surface area contributed by atoms with Crippen molar-refractivity contribution in [3.63, 3.8) is 0 Å². The van der Waals surface area contributed by atoms with Gasteiger partial charge < -0.3 is 15.7 Å². The highest BCUT2D eigenvalue weighted by molar-refractivity contribution is 5.33. The Balaban J connectivity index is 2.66. The maximum absolute atomic E-state index is 8.70. The summed E-state index contributed by atoms with van der Waals surface area (Å²) in [6.45, 7) is 3.32. The molecule has 0 spiro atoms. The first-order chi connectivity index (χ1) is 5.77. The zero-order valence-electron chi connectivity index (χ0n) is 6.99. The van der Waals surface area contributed by atoms with E-state index in [0.717, 1.165) is 6.54 Å². The Morgan fingerprint density at radius 1 is 1.67 bits per heavy atom. The quantitative estimate of drug-likeness (QED) is 0.552. The fourth-order valence-corrected chi connectivity index (χ4v) is 0.927. The lowest BCUT2D eigenvalue weighted by molar-refractivity contribution is 0.302. The summed E-state index contributed by atoms with van der Waals surface area (Å²) < 4.78 is 0. The lowest BCUT2D eigenvalue weighted by atomic mass is 10.5. The summed E-state index contributed by atoms with van der Waals surface area (Å²) >= 11 is 0. The number of nitrogens with zero attached hydrogens (tertiary/aromatic N) is 3. The number of anilines is 2. The molecule has 6 heteroatoms. The Bertz CT molecular complexity index is 236. The largest absolute Gasteiger partial charge is 0.395 e. The molecule has 0 aliphatic carbocycles. The van der Waals surface area contributed by atoms with Crippen molar-refractivity contribution in [1.29, 1.82) is 0 Å². The molecule has 0 saturated heterocycles. The van der Waals surface area contributed by atoms with Crippen LogP contribution in [0, 0.1) is 0 Å². The second kappa shape index (κ2) is 3.91. The molecule has 4 N–H and O–H groups in total. The van der Waals surface area contributed by atoms with Gasteiger partial charge in [0.1, 0.15) is 0 Å². The first-order valence-corrected chi connectivity index (χ1v) is 3.81. The summed E-state index contributed by atoms with van der Waals surface area (Å²) in [5, 5.41) is 15.1. The van der Waals surface area contributed by atoms with E-state index in [4.69, 9.17) is 10.8 Å². The van der Waals surface area contributed by atoms with Crippen molar-refractivity contribution >= 4 is 11.9 Å². The lowest BCUT2D eigenvalue weighted by Crippen LogP contribution is -2.27. The summed E-state index contributed by atoms with van der Waals surface area (Å²) in [6, 6.07) is 0. The van der Waals surface area contributed by atoms with Crippen LogP contribution in [0.1, 0.15) is 6.92 Å². The van der Waals surface area contributed by atoms with E-state index in [9.17, 15) is 0 Å². The molecule has 0 bridgehead atoms. The number of nitrogen functional groups attached to an aromatic ring is 1. The lowest BCUT2D eigenvalue weighted by Gasteiger charge is -2.16. The van der Waals surface area contributed by atoms with Gasteiger partial charge in [0.15, 0.2) is 0 Å². The molecule has 1 heterocycles. The fraction of sp³-hybridized carbons (Fsp3) is 0.667. The van der Waals surface area contributed by atoms with Gasteiger partial charge in [-0.2, -0.15) is 4.98 Å². The van der Waals surface area contributed by atoms with Crippen LogP contribution < -0.4 is 10.6 Å². The number of H-pyrrole nitrogens is 1. The first kappa shape index (κ1) is 8.79. The zero-order chi connectivity index (χ0) is 8.97. The van der Waals surface area contributed by atoms with Gasteiger partial charge in [-0.1, -0.05) is 0 Å². The van der Waals surface area contributed by atoms with Gasteiger partial charge in [0.25, 0.3) is 0 Å². The van der Waals surface area contributed by atoms with Crippen molar-refractivity contribution in [1.82, 2.24) is 15.2 Å². The Hall–Kier alpha value is -1.30. The standard InChI is InChI=1S/C6H13N5O/c1-2-11(3-4-12)6-8-5(7)9-10-6/h12H,2-4H2,1H3,(H3,7,8,9,10). The second-order valence-electron chi connectivity index (χ2n) is 2.32. The van der Waals surface area contributed by atoms with Gasteiger partial charge in [-0.25, -0.2) is 5.10 Å². The minimum Gasteiger partial charge on any atom is -0.395 e. The van der Waals surface area contributed by atoms with E-state index in [2.05, 4.69) is 15.2 Å². The number of aliphatic hydroxyl groups is 1. The Labute approximate surface area is 70.4 Å². The molecular weight excluding hydrogens is 158 g/mol. The Kier molecular flexibility index (Phi) is 2.87. The molecule has 1 aromatic heterocycles. The molecule has 0 aliphatic rings. The predicted molar refractivity (Wildman–Crippen MR) is 45.8 cm³/mol. The summed E-state index contributed by atoms with van der Waals surface area (Å²) in [7, 11) is 0. The Morgan fingerprint density at radius 3 is 2.83 bits per heavy atom. The highest BCUT2D eigenvalue weighted by Crippen LogP contribution is 2.05. The molecule has 1 rings (SSSR count). The SMILES string of the molecule is CCN(CCO)c1n[nH]c(N)n1. The van der Waals surface area contributed by atoms with Crippen LogP contribution in [-0.4, -0.2) is 40.0 Å². The van der Waals surface area contributed by atoms with E-state index in [1.807, 2.05) is 11.8 Å². The van der Waals surface area contributed by atoms with Crippen LogP contribution in [0.15, 0.2) is 0 Å². The number of aliphatic hydroxyl groups excluding tert-OH is 1. The molecule has 0 amide bonds. The van der Waals surface area contributed by atoms with Crippen molar-refractivity contribution in [2.75, 3.05) is 30.3 Å². The fourth-order valence-electron chi connectivity index (χ4n) is 0.927. The van der Waals surface area contributed by atoms with Gasteiger partial charge in [-0.05, 0) is 6.92 Å². The topological polar surface area (TPSA) is 91.1 Å². The maximum Gasteiger partial charge on any atom is 0.246 e. The van der Waals surface area contributed by atoms with Gasteiger partial charge in [0, 0.05) is 13.1 Å². The number of aromatic nitrogens is 3. The average molecular weight is 171 g/mol. The van der Waals surface area contributed by atoms with Crippen LogP contribution in [-0.2, 0) is 0 Å². The molecule has 68 valence electrons. The van der Waals surface area contributed by atoms with E-state index < -0.39 is 0 Å². The molecule has 6 nitrogen and oxygen atoms in total. The van der Waals surface area contributed by atoms with E-state index in [-0.39, 0.29) is 6.61 Å². The molecule has 0 unspecified atom stereocenters. The highest BCUT2D eigenvalue weighted by Gasteiger charge is 2.07. The van der Waals surface area contributed by atoms with Crippen molar-refractivity contribution in [3.8, 4) is 0 Å². The maximum atomic E-state index is 8.70. The third-order valence-electron chi connectivity index (χ3n) is 1.53. The number of nitrogens with two attached hydrogens (primary N) is 1. The summed E-state index contributed by atoms with van der Waals surface area (Å²) in [6.07, 6.45) is 0. The molecule has 12 heavy (non-hydrogen) atoms. The third kappa shape index (κ3) is 1.85. The molecule has 1 aromatic rings. The minimum atomic E-state index is 0.0856. The van der Waals surface area contributed by atoms with E-state index in [1.165, 1.54) is 0 Å². The van der Waals surface area contributed by atoms with Crippen molar-refractivity contribution in [2.24, 2.45) is 0 Å². The smallest absolute Gasteiger partial charge is 0.246 e. The minimum absolute atomic E-state index is 0.0856. The number of rotatable bonds is 4. The summed E-state index contributed by atoms with van der Waals surface area (Å²) in [5.41, 5.74) is 5.35. The van der Waals surface area contributed by atoms with Crippen LogP contribution >= 0.6 is 0 Å². The van der Waals surface area contributed by atoms with Crippen LogP contribution in [0.3, 0.4) is 0 Å². The zero-order valence-corrected chi connectivity index (χ0v) is 6.99. The second-order valence-corrected chi connectivity index (χ2v) is 2.32. The van der Waals surface area contributed by atoms with Crippen molar-refractivity contribution < 1.29 is 5.11 Å². The number of aromatic amines is 1. The normalized spacial score (nSPS) is 10.2. The number of nitrogens with one attached hydrogen (secondary N) is 1. The van der Waals surface area contributed by atoms with Crippen molar-refractivity contribution in [2.45, 2.75) is 6.92 Å². The molecule has 0 atom stereocenters. The van der Waals surface area contributed by atoms with E-state index in [1.54, 1.807) is 0 Å². The molecule has 0 aliphatic heterocycles. The highest BCUT2D eigenvalue weighted by atomic mass is 16.3. The molecule has 0 radical (unpaired) electrons. The van der Waals surface area contributed by atoms with Crippen LogP contribution in [0.25, 0.3) is 0 Å². The molecular formula is C6H13N5O. The van der Waals surface area contributed by atoms with E-state index in [0.29, 0.717) is 18.4 Å². The summed E-state index contributed by atoms with van der Waals surface area (Å²) in [5.74, 6) is 0.824. The van der Waals surface area contributed by atoms with Gasteiger partial charge in [-0.3, -0.25) is 0 Å². The third-order valence-corrected chi connectivity index (χ3v) is 1.53. The molecule has 0 saturated carbocycles. The first-order valence-electron chi connectivity index (χ1n) is 3.81. The molecule has 0 fully saturated rings. The van der Waals surface area contributed by atoms with Crippen molar-refractivity contribution in [3.05, 3.63) is 0 Å². The predicted octanol–water partition coefficient (Wildman–Crippen LogP) is -0.795. The Morgan fingerprint density at radius 2 is 2.42 bits per heavy atom. The number of hydrogen-bond acceptors (Lipinski definition) is 5. The van der Waals surface area contributed by atoms with Crippen LogP contribution in [0.5, 0.6) is 0 Å². The van der Waals surface area contributed by atoms with Gasteiger partial charge in [0.2, 0.25) is 11.9 Å². The number of likely N-dealkylation sites (N-methyl/N-ethyl adjacent to an activating group) is 1. The van der Waals surface area contributed by atoms with Gasteiger partial charge in [0.05, 0.1) is 6.61 Å².